The van der Waals surface area contributed by atoms with Crippen molar-refractivity contribution in [2.75, 3.05) is 26.6 Å². The first-order chi connectivity index (χ1) is 5.99. The number of halogens is 1. The average Bonchev–Trinajstić information content (AvgIpc) is 2.04. The molecule has 0 aliphatic carbocycles. The van der Waals surface area contributed by atoms with Crippen molar-refractivity contribution in [3.05, 3.63) is 12.2 Å². The molecule has 0 aliphatic heterocycles. The molecule has 0 radical (unpaired) electrons. The van der Waals surface area contributed by atoms with Gasteiger partial charge in [-0.2, -0.15) is 0 Å². The fraction of sp³-hybridized carbons (Fsp3) is 0.667. The van der Waals surface area contributed by atoms with Gasteiger partial charge >= 0.3 is 5.97 Å². The van der Waals surface area contributed by atoms with Crippen LogP contribution in [0.4, 0.5) is 0 Å². The van der Waals surface area contributed by atoms with Crippen LogP contribution in [0.3, 0.4) is 0 Å². The lowest BCUT2D eigenvalue weighted by Crippen LogP contribution is -2.34. The first-order valence-electron chi connectivity index (χ1n) is 4.04. The van der Waals surface area contributed by atoms with Crippen molar-refractivity contribution in [2.24, 2.45) is 0 Å². The van der Waals surface area contributed by atoms with E-state index in [2.05, 4.69) is 6.58 Å². The highest BCUT2D eigenvalue weighted by Gasteiger charge is 2.12. The molecule has 0 saturated carbocycles. The van der Waals surface area contributed by atoms with E-state index in [9.17, 15) is 4.79 Å². The molecule has 0 rings (SSSR count). The quantitative estimate of drug-likeness (QED) is 0.385. The largest absolute Gasteiger partial charge is 0.461 e. The predicted molar refractivity (Wildman–Crippen MR) is 54.0 cm³/mol. The van der Waals surface area contributed by atoms with Gasteiger partial charge in [-0.1, -0.05) is 6.58 Å². The summed E-state index contributed by atoms with van der Waals surface area (Å²) in [5.41, 5.74) is 0.409. The monoisotopic (exact) mass is 205 g/mol. The van der Waals surface area contributed by atoms with Crippen LogP contribution in [0.2, 0.25) is 0 Å². The van der Waals surface area contributed by atoms with Crippen LogP contribution in [-0.4, -0.2) is 43.5 Å². The number of carbonyl (C=O) groups is 1. The highest BCUT2D eigenvalue weighted by molar-refractivity contribution is 6.18. The summed E-state index contributed by atoms with van der Waals surface area (Å²) in [5, 5.41) is 0. The van der Waals surface area contributed by atoms with Crippen molar-refractivity contribution < 1.29 is 9.53 Å². The van der Waals surface area contributed by atoms with Gasteiger partial charge in [-0.25, -0.2) is 4.79 Å². The van der Waals surface area contributed by atoms with Crippen LogP contribution in [0.25, 0.3) is 0 Å². The minimum Gasteiger partial charge on any atom is -0.461 e. The van der Waals surface area contributed by atoms with Gasteiger partial charge in [0.05, 0.1) is 6.04 Å². The lowest BCUT2D eigenvalue weighted by atomic mass is 10.3. The van der Waals surface area contributed by atoms with E-state index in [4.69, 9.17) is 16.3 Å². The Morgan fingerprint density at radius 3 is 2.46 bits per heavy atom. The average molecular weight is 206 g/mol. The molecule has 0 saturated heterocycles. The van der Waals surface area contributed by atoms with E-state index < -0.39 is 0 Å². The maximum Gasteiger partial charge on any atom is 0.333 e. The smallest absolute Gasteiger partial charge is 0.333 e. The molecule has 0 aromatic rings. The molecule has 4 heteroatoms. The molecule has 0 amide bonds. The zero-order chi connectivity index (χ0) is 10.4. The SMILES string of the molecule is C=C(C)C(=O)OCC(CCl)N(C)C. The molecule has 0 N–H and O–H groups in total. The Hall–Kier alpha value is -0.540. The Balaban J connectivity index is 3.85. The number of hydrogen-bond acceptors (Lipinski definition) is 3. The van der Waals surface area contributed by atoms with Crippen molar-refractivity contribution in [3.8, 4) is 0 Å². The second-order valence-corrected chi connectivity index (χ2v) is 3.46. The molecule has 3 nitrogen and oxygen atoms in total. The van der Waals surface area contributed by atoms with Crippen molar-refractivity contribution >= 4 is 17.6 Å². The predicted octanol–water partition coefficient (Wildman–Crippen LogP) is 1.27. The van der Waals surface area contributed by atoms with Crippen molar-refractivity contribution in [2.45, 2.75) is 13.0 Å². The molecule has 0 aromatic heterocycles. The van der Waals surface area contributed by atoms with Gasteiger partial charge in [-0.3, -0.25) is 0 Å². The van der Waals surface area contributed by atoms with Gasteiger partial charge in [0, 0.05) is 11.5 Å². The number of likely N-dealkylation sites (N-methyl/N-ethyl adjacent to an activating group) is 1. The Morgan fingerprint density at radius 2 is 2.15 bits per heavy atom. The minimum absolute atomic E-state index is 0.0602. The fourth-order valence-electron chi connectivity index (χ4n) is 0.627. The second kappa shape index (κ2) is 6.00. The van der Waals surface area contributed by atoms with Crippen molar-refractivity contribution in [1.82, 2.24) is 4.90 Å². The molecule has 76 valence electrons. The van der Waals surface area contributed by atoms with Gasteiger partial charge in [0.1, 0.15) is 6.61 Å². The minimum atomic E-state index is -0.364. The topological polar surface area (TPSA) is 29.5 Å². The Kier molecular flexibility index (Phi) is 5.75. The summed E-state index contributed by atoms with van der Waals surface area (Å²) in [6.07, 6.45) is 0. The summed E-state index contributed by atoms with van der Waals surface area (Å²) in [4.78, 5) is 12.9. The van der Waals surface area contributed by atoms with E-state index >= 15 is 0 Å². The third-order valence-electron chi connectivity index (χ3n) is 1.66. The number of carbonyl (C=O) groups excluding carboxylic acids is 1. The highest BCUT2D eigenvalue weighted by atomic mass is 35.5. The molecule has 0 heterocycles. The van der Waals surface area contributed by atoms with Gasteiger partial charge in [0.25, 0.3) is 0 Å². The Labute approximate surface area is 84.3 Å². The number of ether oxygens (including phenoxy) is 1. The van der Waals surface area contributed by atoms with Gasteiger partial charge < -0.3 is 9.64 Å². The Morgan fingerprint density at radius 1 is 1.62 bits per heavy atom. The number of alkyl halides is 1. The third kappa shape index (κ3) is 4.90. The third-order valence-corrected chi connectivity index (χ3v) is 2.02. The summed E-state index contributed by atoms with van der Waals surface area (Å²) >= 11 is 5.67. The van der Waals surface area contributed by atoms with Gasteiger partial charge in [-0.05, 0) is 21.0 Å². The lowest BCUT2D eigenvalue weighted by Gasteiger charge is -2.21. The molecular formula is C9H16ClNO2. The maximum atomic E-state index is 11.0. The molecule has 1 atom stereocenters. The standard InChI is InChI=1S/C9H16ClNO2/c1-7(2)9(12)13-6-8(5-10)11(3)4/h8H,1,5-6H2,2-4H3. The van der Waals surface area contributed by atoms with E-state index in [-0.39, 0.29) is 12.0 Å². The molecule has 1 unspecified atom stereocenters. The van der Waals surface area contributed by atoms with Crippen LogP contribution < -0.4 is 0 Å². The summed E-state index contributed by atoms with van der Waals surface area (Å²) in [5.74, 6) is 0.0770. The zero-order valence-electron chi connectivity index (χ0n) is 8.34. The molecule has 0 aromatic carbocycles. The van der Waals surface area contributed by atoms with E-state index in [1.165, 1.54) is 0 Å². The highest BCUT2D eigenvalue weighted by Crippen LogP contribution is 2.00. The number of rotatable bonds is 5. The molecular weight excluding hydrogens is 190 g/mol. The first kappa shape index (κ1) is 12.5. The zero-order valence-corrected chi connectivity index (χ0v) is 9.10. The Bertz CT molecular complexity index is 192. The molecule has 0 bridgehead atoms. The number of nitrogens with zero attached hydrogens (tertiary/aromatic N) is 1. The van der Waals surface area contributed by atoms with E-state index in [0.29, 0.717) is 18.1 Å². The summed E-state index contributed by atoms with van der Waals surface area (Å²) in [6.45, 7) is 5.41. The number of esters is 1. The van der Waals surface area contributed by atoms with Crippen molar-refractivity contribution in [1.29, 1.82) is 0 Å². The second-order valence-electron chi connectivity index (χ2n) is 3.15. The maximum absolute atomic E-state index is 11.0. The molecule has 0 spiro atoms. The first-order valence-corrected chi connectivity index (χ1v) is 4.57. The number of hydrogen-bond donors (Lipinski definition) is 0. The molecule has 0 fully saturated rings. The van der Waals surface area contributed by atoms with Crippen LogP contribution in [0, 0.1) is 0 Å². The van der Waals surface area contributed by atoms with Crippen LogP contribution in [0.1, 0.15) is 6.92 Å². The van der Waals surface area contributed by atoms with Crippen LogP contribution in [0.5, 0.6) is 0 Å². The summed E-state index contributed by atoms with van der Waals surface area (Å²) in [7, 11) is 3.78. The fourth-order valence-corrected chi connectivity index (χ4v) is 0.992. The van der Waals surface area contributed by atoms with E-state index in [1.807, 2.05) is 19.0 Å². The van der Waals surface area contributed by atoms with Gasteiger partial charge in [-0.15, -0.1) is 11.6 Å². The molecule has 0 aliphatic rings. The van der Waals surface area contributed by atoms with Gasteiger partial charge in [0.2, 0.25) is 0 Å². The summed E-state index contributed by atoms with van der Waals surface area (Å²) < 4.78 is 4.95. The van der Waals surface area contributed by atoms with Crippen molar-refractivity contribution in [3.63, 3.8) is 0 Å². The van der Waals surface area contributed by atoms with E-state index in [1.54, 1.807) is 6.92 Å². The van der Waals surface area contributed by atoms with Gasteiger partial charge in [0.15, 0.2) is 0 Å². The van der Waals surface area contributed by atoms with Crippen LogP contribution in [-0.2, 0) is 9.53 Å². The van der Waals surface area contributed by atoms with Crippen LogP contribution in [0.15, 0.2) is 12.2 Å². The van der Waals surface area contributed by atoms with E-state index in [0.717, 1.165) is 0 Å². The lowest BCUT2D eigenvalue weighted by molar-refractivity contribution is -0.140. The summed E-state index contributed by atoms with van der Waals surface area (Å²) in [6, 6.07) is 0.0602. The van der Waals surface area contributed by atoms with Crippen LogP contribution >= 0.6 is 11.6 Å². The molecule has 13 heavy (non-hydrogen) atoms. The normalized spacial score (nSPS) is 12.7.